The van der Waals surface area contributed by atoms with Crippen LogP contribution in [0.25, 0.3) is 0 Å². The lowest BCUT2D eigenvalue weighted by Crippen LogP contribution is -2.26. The minimum Gasteiger partial charge on any atom is -0.265 e. The maximum atomic E-state index is 10.1. The van der Waals surface area contributed by atoms with Gasteiger partial charge in [-0.25, -0.2) is 0 Å². The number of nitrogens with zero attached hydrogens (tertiary/aromatic N) is 2. The van der Waals surface area contributed by atoms with E-state index < -0.39 is 15.8 Å². The Hall–Kier alpha value is -1.20. The summed E-state index contributed by atoms with van der Waals surface area (Å²) in [4.78, 5) is 19.1. The first-order valence-corrected chi connectivity index (χ1v) is 3.67. The molecule has 0 bridgehead atoms. The fourth-order valence-corrected chi connectivity index (χ4v) is 0.862. The molecule has 6 heteroatoms. The zero-order valence-corrected chi connectivity index (χ0v) is 7.10. The number of hydrogen-bond donors (Lipinski definition) is 0. The summed E-state index contributed by atoms with van der Waals surface area (Å²) in [6.07, 6.45) is 0. The Morgan fingerprint density at radius 2 is 1.42 bits per heavy atom. The summed E-state index contributed by atoms with van der Waals surface area (Å²) in [7, 11) is 0. The largest absolute Gasteiger partial charge is 0.265 e. The van der Waals surface area contributed by atoms with Crippen LogP contribution in [0.2, 0.25) is 0 Å². The van der Waals surface area contributed by atoms with E-state index in [4.69, 9.17) is 0 Å². The molecule has 0 N–H and O–H groups in total. The van der Waals surface area contributed by atoms with Gasteiger partial charge in [-0.05, 0) is 5.92 Å². The van der Waals surface area contributed by atoms with Crippen molar-refractivity contribution in [2.24, 2.45) is 11.8 Å². The van der Waals surface area contributed by atoms with E-state index in [1.165, 1.54) is 0 Å². The molecular formula is C6H12N2O4. The highest BCUT2D eigenvalue weighted by atomic mass is 16.6. The Morgan fingerprint density at radius 3 is 1.58 bits per heavy atom. The molecule has 0 spiro atoms. The van der Waals surface area contributed by atoms with Crippen molar-refractivity contribution in [2.45, 2.75) is 13.8 Å². The van der Waals surface area contributed by atoms with Crippen LogP contribution in [0.1, 0.15) is 13.8 Å². The zero-order valence-electron chi connectivity index (χ0n) is 7.10. The van der Waals surface area contributed by atoms with E-state index in [1.54, 1.807) is 13.8 Å². The molecule has 0 aromatic carbocycles. The summed E-state index contributed by atoms with van der Waals surface area (Å²) >= 11 is 0. The quantitative estimate of drug-likeness (QED) is 0.458. The van der Waals surface area contributed by atoms with Crippen LogP contribution in [-0.4, -0.2) is 22.9 Å². The van der Waals surface area contributed by atoms with Crippen LogP contribution in [0.15, 0.2) is 0 Å². The van der Waals surface area contributed by atoms with Gasteiger partial charge in [0.1, 0.15) is 0 Å². The minimum absolute atomic E-state index is 0.0270. The van der Waals surface area contributed by atoms with Crippen molar-refractivity contribution in [3.8, 4) is 0 Å². The van der Waals surface area contributed by atoms with E-state index in [0.29, 0.717) is 0 Å². The van der Waals surface area contributed by atoms with Gasteiger partial charge in [0.25, 0.3) is 0 Å². The zero-order chi connectivity index (χ0) is 9.72. The second-order valence-corrected chi connectivity index (χ2v) is 3.03. The number of rotatable bonds is 5. The summed E-state index contributed by atoms with van der Waals surface area (Å²) in [6.45, 7) is 2.85. The minimum atomic E-state index is -0.506. The van der Waals surface area contributed by atoms with Gasteiger partial charge in [0, 0.05) is 9.85 Å². The number of hydrogen-bond acceptors (Lipinski definition) is 4. The molecular weight excluding hydrogens is 164 g/mol. The molecule has 0 fully saturated rings. The Balaban J connectivity index is 4.04. The van der Waals surface area contributed by atoms with Gasteiger partial charge in [-0.3, -0.25) is 20.2 Å². The third-order valence-electron chi connectivity index (χ3n) is 1.71. The monoisotopic (exact) mass is 176 g/mol. The molecule has 0 unspecified atom stereocenters. The third kappa shape index (κ3) is 4.59. The standard InChI is InChI=1S/C6H12N2O4/c1-5(2)6(3-7(9)10)4-8(11)12/h5-6H,3-4H2,1-2H3. The van der Waals surface area contributed by atoms with Gasteiger partial charge in [-0.15, -0.1) is 0 Å². The molecule has 0 atom stereocenters. The van der Waals surface area contributed by atoms with Crippen molar-refractivity contribution in [2.75, 3.05) is 13.1 Å². The Bertz CT molecular complexity index is 164. The molecule has 0 aromatic rings. The van der Waals surface area contributed by atoms with Gasteiger partial charge in [0.2, 0.25) is 13.1 Å². The van der Waals surface area contributed by atoms with Crippen LogP contribution < -0.4 is 0 Å². The maximum absolute atomic E-state index is 10.1. The smallest absolute Gasteiger partial charge is 0.213 e. The molecule has 0 aliphatic rings. The highest BCUT2D eigenvalue weighted by molar-refractivity contribution is 4.59. The summed E-state index contributed by atoms with van der Waals surface area (Å²) < 4.78 is 0. The molecule has 0 amide bonds. The predicted octanol–water partition coefficient (Wildman–Crippen LogP) is 0.812. The van der Waals surface area contributed by atoms with E-state index in [9.17, 15) is 20.2 Å². The SMILES string of the molecule is CC(C)C(C[N+](=O)[O-])C[N+](=O)[O-]. The molecule has 0 radical (unpaired) electrons. The number of nitro groups is 2. The molecule has 0 saturated heterocycles. The molecule has 6 nitrogen and oxygen atoms in total. The second kappa shape index (κ2) is 4.63. The first-order valence-electron chi connectivity index (χ1n) is 3.67. The van der Waals surface area contributed by atoms with Crippen LogP contribution in [0.4, 0.5) is 0 Å². The third-order valence-corrected chi connectivity index (χ3v) is 1.71. The van der Waals surface area contributed by atoms with Crippen LogP contribution in [0, 0.1) is 32.1 Å². The molecule has 0 aromatic heterocycles. The fraction of sp³-hybridized carbons (Fsp3) is 1.00. The van der Waals surface area contributed by atoms with Crippen LogP contribution in [-0.2, 0) is 0 Å². The second-order valence-electron chi connectivity index (χ2n) is 3.03. The van der Waals surface area contributed by atoms with Crippen molar-refractivity contribution in [3.05, 3.63) is 20.2 Å². The Kier molecular flexibility index (Phi) is 4.17. The maximum Gasteiger partial charge on any atom is 0.213 e. The van der Waals surface area contributed by atoms with E-state index in [2.05, 4.69) is 0 Å². The molecule has 70 valence electrons. The summed E-state index contributed by atoms with van der Waals surface area (Å²) in [5.74, 6) is -0.490. The molecule has 0 saturated carbocycles. The fourth-order valence-electron chi connectivity index (χ4n) is 0.862. The van der Waals surface area contributed by atoms with Crippen molar-refractivity contribution < 1.29 is 9.85 Å². The van der Waals surface area contributed by atoms with E-state index in [-0.39, 0.29) is 19.0 Å². The topological polar surface area (TPSA) is 86.3 Å². The molecule has 0 rings (SSSR count). The Morgan fingerprint density at radius 1 is 1.08 bits per heavy atom. The lowest BCUT2D eigenvalue weighted by atomic mass is 9.96. The van der Waals surface area contributed by atoms with E-state index in [0.717, 1.165) is 0 Å². The van der Waals surface area contributed by atoms with E-state index in [1.807, 2.05) is 0 Å². The van der Waals surface area contributed by atoms with Gasteiger partial charge in [-0.2, -0.15) is 0 Å². The highest BCUT2D eigenvalue weighted by Gasteiger charge is 2.24. The summed E-state index contributed by atoms with van der Waals surface area (Å²) in [6, 6.07) is 0. The first kappa shape index (κ1) is 10.8. The van der Waals surface area contributed by atoms with Crippen molar-refractivity contribution in [3.63, 3.8) is 0 Å². The van der Waals surface area contributed by atoms with Crippen molar-refractivity contribution >= 4 is 0 Å². The van der Waals surface area contributed by atoms with Gasteiger partial charge in [0.15, 0.2) is 0 Å². The molecule has 12 heavy (non-hydrogen) atoms. The van der Waals surface area contributed by atoms with Gasteiger partial charge in [0.05, 0.1) is 5.92 Å². The molecule has 0 aliphatic carbocycles. The van der Waals surface area contributed by atoms with Crippen LogP contribution in [0.3, 0.4) is 0 Å². The van der Waals surface area contributed by atoms with Gasteiger partial charge in [-0.1, -0.05) is 13.8 Å². The average Bonchev–Trinajstić information content (AvgIpc) is 1.83. The van der Waals surface area contributed by atoms with Crippen molar-refractivity contribution in [1.29, 1.82) is 0 Å². The summed E-state index contributed by atoms with van der Waals surface area (Å²) in [5.41, 5.74) is 0. The van der Waals surface area contributed by atoms with Gasteiger partial charge < -0.3 is 0 Å². The first-order chi connectivity index (χ1) is 5.43. The van der Waals surface area contributed by atoms with Crippen molar-refractivity contribution in [1.82, 2.24) is 0 Å². The molecule has 0 heterocycles. The van der Waals surface area contributed by atoms with Gasteiger partial charge >= 0.3 is 0 Å². The van der Waals surface area contributed by atoms with Crippen LogP contribution in [0.5, 0.6) is 0 Å². The van der Waals surface area contributed by atoms with E-state index >= 15 is 0 Å². The summed E-state index contributed by atoms with van der Waals surface area (Å²) in [5, 5.41) is 20.2. The lowest BCUT2D eigenvalue weighted by molar-refractivity contribution is -0.526. The van der Waals surface area contributed by atoms with Crippen LogP contribution >= 0.6 is 0 Å². The predicted molar refractivity (Wildman–Crippen MR) is 42.1 cm³/mol. The normalized spacial score (nSPS) is 10.7. The lowest BCUT2D eigenvalue weighted by Gasteiger charge is -2.11. The average molecular weight is 176 g/mol. The molecule has 0 aliphatic heterocycles. The Labute approximate surface area is 69.9 Å². The highest BCUT2D eigenvalue weighted by Crippen LogP contribution is 2.10.